The smallest absolute Gasteiger partial charge is 0.224 e. The lowest BCUT2D eigenvalue weighted by Crippen LogP contribution is -2.50. The van der Waals surface area contributed by atoms with Crippen LogP contribution in [0.15, 0.2) is 0 Å². The van der Waals surface area contributed by atoms with Gasteiger partial charge in [-0.2, -0.15) is 11.8 Å². The third-order valence-electron chi connectivity index (χ3n) is 3.86. The Morgan fingerprint density at radius 2 is 2.12 bits per heavy atom. The Balaban J connectivity index is 1.94. The van der Waals surface area contributed by atoms with E-state index in [1.54, 1.807) is 0 Å². The van der Waals surface area contributed by atoms with Gasteiger partial charge in [0.15, 0.2) is 0 Å². The first-order valence-corrected chi connectivity index (χ1v) is 7.77. The third kappa shape index (κ3) is 3.38. The van der Waals surface area contributed by atoms with E-state index in [1.807, 2.05) is 6.92 Å². The van der Waals surface area contributed by atoms with Gasteiger partial charge in [-0.3, -0.25) is 4.79 Å². The van der Waals surface area contributed by atoms with Gasteiger partial charge in [0.05, 0.1) is 0 Å². The van der Waals surface area contributed by atoms with Gasteiger partial charge in [0.1, 0.15) is 0 Å². The first-order valence-electron chi connectivity index (χ1n) is 6.79. The number of carbonyl (C=O) groups is 1. The summed E-state index contributed by atoms with van der Waals surface area (Å²) in [6, 6.07) is -0.0145. The van der Waals surface area contributed by atoms with Gasteiger partial charge in [-0.25, -0.2) is 0 Å². The minimum absolute atomic E-state index is 0.0145. The van der Waals surface area contributed by atoms with Crippen molar-refractivity contribution in [3.05, 3.63) is 0 Å². The first-order chi connectivity index (χ1) is 8.11. The minimum atomic E-state index is -0.0145. The van der Waals surface area contributed by atoms with Crippen molar-refractivity contribution >= 4 is 17.7 Å². The highest BCUT2D eigenvalue weighted by Gasteiger charge is 2.38. The van der Waals surface area contributed by atoms with Gasteiger partial charge in [0.25, 0.3) is 0 Å². The lowest BCUT2D eigenvalue weighted by atomic mass is 9.87. The molecule has 17 heavy (non-hydrogen) atoms. The normalized spacial score (nSPS) is 25.9. The molecule has 4 heteroatoms. The van der Waals surface area contributed by atoms with Crippen LogP contribution in [0.2, 0.25) is 0 Å². The van der Waals surface area contributed by atoms with Crippen LogP contribution in [0.25, 0.3) is 0 Å². The molecule has 3 nitrogen and oxygen atoms in total. The molecule has 1 saturated carbocycles. The van der Waals surface area contributed by atoms with E-state index in [9.17, 15) is 4.79 Å². The summed E-state index contributed by atoms with van der Waals surface area (Å²) in [6.45, 7) is 3.79. The molecule has 2 N–H and O–H groups in total. The molecule has 0 bridgehead atoms. The molecule has 1 aliphatic heterocycles. The quantitative estimate of drug-likeness (QED) is 0.822. The highest BCUT2D eigenvalue weighted by atomic mass is 32.2. The van der Waals surface area contributed by atoms with E-state index in [-0.39, 0.29) is 11.9 Å². The average Bonchev–Trinajstić information content (AvgIpc) is 2.29. The molecule has 2 rings (SSSR count). The molecule has 2 fully saturated rings. The van der Waals surface area contributed by atoms with Gasteiger partial charge in [0, 0.05) is 36.1 Å². The number of amides is 1. The number of thioether (sulfide) groups is 1. The van der Waals surface area contributed by atoms with Crippen LogP contribution in [-0.2, 0) is 4.79 Å². The summed E-state index contributed by atoms with van der Waals surface area (Å²) in [6.07, 6.45) is 7.13. The van der Waals surface area contributed by atoms with Crippen molar-refractivity contribution in [3.8, 4) is 0 Å². The van der Waals surface area contributed by atoms with E-state index in [4.69, 9.17) is 5.73 Å². The molecule has 98 valence electrons. The van der Waals surface area contributed by atoms with E-state index < -0.39 is 0 Å². The van der Waals surface area contributed by atoms with E-state index in [0.29, 0.717) is 11.2 Å². The number of carbonyl (C=O) groups excluding carboxylic acids is 1. The summed E-state index contributed by atoms with van der Waals surface area (Å²) < 4.78 is 0.379. The lowest BCUT2D eigenvalue weighted by Gasteiger charge is -2.44. The molecule has 1 spiro atoms. The molecule has 1 aliphatic carbocycles. The summed E-state index contributed by atoms with van der Waals surface area (Å²) in [4.78, 5) is 14.1. The Morgan fingerprint density at radius 3 is 2.76 bits per heavy atom. The molecule has 2 aliphatic rings. The zero-order valence-electron chi connectivity index (χ0n) is 10.8. The zero-order chi connectivity index (χ0) is 12.3. The monoisotopic (exact) mass is 256 g/mol. The Bertz CT molecular complexity index is 269. The van der Waals surface area contributed by atoms with Crippen molar-refractivity contribution < 1.29 is 4.79 Å². The topological polar surface area (TPSA) is 46.3 Å². The molecule has 1 unspecified atom stereocenters. The van der Waals surface area contributed by atoms with Crippen LogP contribution in [-0.4, -0.2) is 40.4 Å². The molecule has 0 aromatic carbocycles. The van der Waals surface area contributed by atoms with Crippen molar-refractivity contribution in [1.82, 2.24) is 4.90 Å². The molecule has 0 radical (unpaired) electrons. The van der Waals surface area contributed by atoms with Gasteiger partial charge >= 0.3 is 0 Å². The van der Waals surface area contributed by atoms with E-state index in [1.165, 1.54) is 32.1 Å². The average molecular weight is 256 g/mol. The van der Waals surface area contributed by atoms with Crippen LogP contribution in [0, 0.1) is 0 Å². The van der Waals surface area contributed by atoms with Crippen molar-refractivity contribution in [2.75, 3.05) is 18.8 Å². The third-order valence-corrected chi connectivity index (χ3v) is 5.40. The van der Waals surface area contributed by atoms with Crippen LogP contribution in [0.1, 0.15) is 45.4 Å². The van der Waals surface area contributed by atoms with Crippen LogP contribution >= 0.6 is 11.8 Å². The lowest BCUT2D eigenvalue weighted by molar-refractivity contribution is -0.132. The standard InChI is InChI=1S/C13H24N2OS/c1-11(14)9-12(16)15-7-8-17-13(10-15)5-3-2-4-6-13/h11H,2-10,14H2,1H3. The fraction of sp³-hybridized carbons (Fsp3) is 0.923. The minimum Gasteiger partial charge on any atom is -0.340 e. The number of hydrogen-bond acceptors (Lipinski definition) is 3. The molecule has 1 saturated heterocycles. The Hall–Kier alpha value is -0.220. The maximum absolute atomic E-state index is 12.1. The van der Waals surface area contributed by atoms with E-state index in [0.717, 1.165) is 18.8 Å². The van der Waals surface area contributed by atoms with Crippen molar-refractivity contribution in [2.45, 2.75) is 56.2 Å². The molecule has 0 aromatic heterocycles. The summed E-state index contributed by atoms with van der Waals surface area (Å²) in [7, 11) is 0. The number of rotatable bonds is 2. The number of nitrogens with two attached hydrogens (primary N) is 1. The van der Waals surface area contributed by atoms with Gasteiger partial charge in [-0.05, 0) is 19.8 Å². The van der Waals surface area contributed by atoms with Crippen LogP contribution < -0.4 is 5.73 Å². The fourth-order valence-electron chi connectivity index (χ4n) is 2.96. The van der Waals surface area contributed by atoms with Crippen LogP contribution in [0.3, 0.4) is 0 Å². The molecule has 1 heterocycles. The fourth-order valence-corrected chi connectivity index (χ4v) is 4.53. The van der Waals surface area contributed by atoms with Crippen molar-refractivity contribution in [2.24, 2.45) is 5.73 Å². The maximum Gasteiger partial charge on any atom is 0.224 e. The Labute approximate surface area is 108 Å². The summed E-state index contributed by atoms with van der Waals surface area (Å²) in [5.74, 6) is 1.36. The Kier molecular flexibility index (Phi) is 4.36. The molecule has 0 aromatic rings. The van der Waals surface area contributed by atoms with Gasteiger partial charge < -0.3 is 10.6 Å². The van der Waals surface area contributed by atoms with Gasteiger partial charge in [-0.15, -0.1) is 0 Å². The maximum atomic E-state index is 12.1. The predicted octanol–water partition coefficient (Wildman–Crippen LogP) is 2.00. The second-order valence-corrected chi connectivity index (χ2v) is 7.15. The predicted molar refractivity (Wildman–Crippen MR) is 73.1 cm³/mol. The van der Waals surface area contributed by atoms with Gasteiger partial charge in [0.2, 0.25) is 5.91 Å². The summed E-state index contributed by atoms with van der Waals surface area (Å²) in [5.41, 5.74) is 5.72. The zero-order valence-corrected chi connectivity index (χ0v) is 11.6. The van der Waals surface area contributed by atoms with Crippen LogP contribution in [0.4, 0.5) is 0 Å². The van der Waals surface area contributed by atoms with Gasteiger partial charge in [-0.1, -0.05) is 19.3 Å². The van der Waals surface area contributed by atoms with E-state index >= 15 is 0 Å². The van der Waals surface area contributed by atoms with E-state index in [2.05, 4.69) is 16.7 Å². The molecule has 1 atom stereocenters. The number of hydrogen-bond donors (Lipinski definition) is 1. The van der Waals surface area contributed by atoms with Crippen molar-refractivity contribution in [1.29, 1.82) is 0 Å². The summed E-state index contributed by atoms with van der Waals surface area (Å²) in [5, 5.41) is 0. The summed E-state index contributed by atoms with van der Waals surface area (Å²) >= 11 is 2.10. The highest BCUT2D eigenvalue weighted by molar-refractivity contribution is 8.00. The molecule has 1 amide bonds. The largest absolute Gasteiger partial charge is 0.340 e. The Morgan fingerprint density at radius 1 is 1.41 bits per heavy atom. The first kappa shape index (κ1) is 13.2. The second-order valence-electron chi connectivity index (χ2n) is 5.59. The molecular weight excluding hydrogens is 232 g/mol. The van der Waals surface area contributed by atoms with Crippen LogP contribution in [0.5, 0.6) is 0 Å². The SMILES string of the molecule is CC(N)CC(=O)N1CCSC2(CCCCC2)C1. The van der Waals surface area contributed by atoms with Crippen molar-refractivity contribution in [3.63, 3.8) is 0 Å². The second kappa shape index (κ2) is 5.61. The highest BCUT2D eigenvalue weighted by Crippen LogP contribution is 2.42. The number of nitrogens with zero attached hydrogens (tertiary/aromatic N) is 1. The molecular formula is C13H24N2OS.